The van der Waals surface area contributed by atoms with E-state index in [4.69, 9.17) is 9.47 Å². The average molecular weight is 871 g/mol. The second-order valence-electron chi connectivity index (χ2n) is 16.1. The summed E-state index contributed by atoms with van der Waals surface area (Å²) in [4.78, 5) is 49.2. The lowest BCUT2D eigenvalue weighted by Crippen LogP contribution is -2.49. The Morgan fingerprint density at radius 1 is 0.867 bits per heavy atom. The number of piperazine rings is 1. The van der Waals surface area contributed by atoms with Crippen molar-refractivity contribution in [2.45, 2.75) is 77.2 Å². The largest absolute Gasteiger partial charge is 0.444 e. The van der Waals surface area contributed by atoms with Gasteiger partial charge in [-0.2, -0.15) is 9.57 Å². The minimum Gasteiger partial charge on any atom is -0.444 e. The highest BCUT2D eigenvalue weighted by Gasteiger charge is 2.30. The molecule has 19 nitrogen and oxygen atoms in total. The molecule has 1 aliphatic heterocycles. The van der Waals surface area contributed by atoms with Crippen molar-refractivity contribution in [2.75, 3.05) is 67.1 Å². The summed E-state index contributed by atoms with van der Waals surface area (Å²) < 4.78 is 65.4. The lowest BCUT2D eigenvalue weighted by molar-refractivity contribution is 0.0514. The summed E-state index contributed by atoms with van der Waals surface area (Å²) in [7, 11) is -6.40. The number of nitrogens with zero attached hydrogens (tertiary/aromatic N) is 6. The summed E-state index contributed by atoms with van der Waals surface area (Å²) >= 11 is 0. The number of benzene rings is 2. The monoisotopic (exact) mass is 870 g/mol. The number of amides is 3. The predicted octanol–water partition coefficient (Wildman–Crippen LogP) is 3.32. The van der Waals surface area contributed by atoms with E-state index in [1.807, 2.05) is 11.0 Å². The Balaban J connectivity index is 1.49. The Kier molecular flexibility index (Phi) is 15.1. The maximum Gasteiger partial charge on any atom is 0.407 e. The van der Waals surface area contributed by atoms with Gasteiger partial charge in [0, 0.05) is 70.3 Å². The molecule has 0 saturated carbocycles. The van der Waals surface area contributed by atoms with Crippen molar-refractivity contribution in [1.29, 1.82) is 5.26 Å². The van der Waals surface area contributed by atoms with Crippen molar-refractivity contribution in [3.05, 3.63) is 71.0 Å². The number of aryl methyl sites for hydroxylation is 1. The number of anilines is 3. The first-order valence-corrected chi connectivity index (χ1v) is 22.3. The van der Waals surface area contributed by atoms with Crippen LogP contribution in [0, 0.1) is 18.3 Å². The van der Waals surface area contributed by atoms with Gasteiger partial charge in [0.1, 0.15) is 23.0 Å². The van der Waals surface area contributed by atoms with Crippen molar-refractivity contribution in [2.24, 2.45) is 0 Å². The van der Waals surface area contributed by atoms with Gasteiger partial charge in [-0.15, -0.1) is 0 Å². The van der Waals surface area contributed by atoms with Crippen LogP contribution in [0.2, 0.25) is 0 Å². The van der Waals surface area contributed by atoms with Crippen LogP contribution in [0.1, 0.15) is 68.9 Å². The van der Waals surface area contributed by atoms with Crippen LogP contribution in [0.15, 0.2) is 53.4 Å². The Labute approximate surface area is 351 Å². The maximum absolute atomic E-state index is 13.8. The molecule has 0 unspecified atom stereocenters. The third-order valence-electron chi connectivity index (χ3n) is 8.75. The van der Waals surface area contributed by atoms with Gasteiger partial charge in [0.05, 0.1) is 22.4 Å². The van der Waals surface area contributed by atoms with Crippen molar-refractivity contribution < 1.29 is 40.7 Å². The molecule has 3 amide bonds. The standard InChI is InChI=1S/C39H54N10O9S2/c1-26-20-29(22-40)46-35(44-26)48-16-18-49(19-17-48)60(55,56)31-13-11-28(12-14-31)45-34(50)32-21-27(10-15-33(32)47(8)59(9,53)54)23-41-30(24-42-36(51)57-38(2,3)4)25-43-37(52)58-39(5,6)7/h10-15,20-21,30,41H,16-19,23-25H2,1-9H3,(H,42,51)(H,43,52)(H,45,50). The van der Waals surface area contributed by atoms with E-state index in [0.717, 1.165) is 10.6 Å². The molecule has 4 rings (SSSR count). The van der Waals surface area contributed by atoms with E-state index in [9.17, 15) is 36.5 Å². The van der Waals surface area contributed by atoms with Crippen LogP contribution in [0.5, 0.6) is 0 Å². The normalized spacial score (nSPS) is 13.9. The molecule has 1 aliphatic rings. The average Bonchev–Trinajstić information content (AvgIpc) is 3.15. The fourth-order valence-electron chi connectivity index (χ4n) is 5.79. The number of hydrogen-bond acceptors (Lipinski definition) is 14. The fourth-order valence-corrected chi connectivity index (χ4v) is 7.72. The van der Waals surface area contributed by atoms with Gasteiger partial charge in [-0.05, 0) is 96.5 Å². The first kappa shape index (κ1) is 47.1. The molecule has 2 heterocycles. The number of rotatable bonds is 14. The quantitative estimate of drug-likeness (QED) is 0.182. The van der Waals surface area contributed by atoms with E-state index in [2.05, 4.69) is 31.2 Å². The van der Waals surface area contributed by atoms with Crippen LogP contribution in [-0.2, 0) is 36.1 Å². The Bertz CT molecular complexity index is 2270. The molecule has 1 saturated heterocycles. The first-order chi connectivity index (χ1) is 27.8. The number of carbonyl (C=O) groups excluding carboxylic acids is 3. The van der Waals surface area contributed by atoms with Crippen molar-refractivity contribution >= 4 is 55.5 Å². The number of ether oxygens (including phenoxy) is 2. The van der Waals surface area contributed by atoms with Gasteiger partial charge < -0.3 is 35.6 Å². The number of aromatic nitrogens is 2. The molecule has 1 fully saturated rings. The number of sulfonamides is 2. The minimum atomic E-state index is -3.91. The van der Waals surface area contributed by atoms with E-state index >= 15 is 0 Å². The van der Waals surface area contributed by atoms with Crippen LogP contribution in [0.3, 0.4) is 0 Å². The molecular weight excluding hydrogens is 817 g/mol. The zero-order chi connectivity index (χ0) is 44.6. The Hall–Kier alpha value is -5.56. The molecule has 0 aliphatic carbocycles. The molecule has 0 atom stereocenters. The predicted molar refractivity (Wildman–Crippen MR) is 226 cm³/mol. The molecule has 4 N–H and O–H groups in total. The summed E-state index contributed by atoms with van der Waals surface area (Å²) in [6, 6.07) is 13.3. The van der Waals surface area contributed by atoms with E-state index in [1.165, 1.54) is 47.8 Å². The summed E-state index contributed by atoms with van der Waals surface area (Å²) in [5.74, 6) is -0.303. The van der Waals surface area contributed by atoms with Gasteiger partial charge in [-0.3, -0.25) is 9.10 Å². The maximum atomic E-state index is 13.8. The lowest BCUT2D eigenvalue weighted by Gasteiger charge is -2.34. The second kappa shape index (κ2) is 19.2. The summed E-state index contributed by atoms with van der Waals surface area (Å²) in [5.41, 5.74) is 0.296. The van der Waals surface area contributed by atoms with Gasteiger partial charge >= 0.3 is 12.2 Å². The first-order valence-electron chi connectivity index (χ1n) is 19.0. The van der Waals surface area contributed by atoms with E-state index in [0.29, 0.717) is 30.3 Å². The molecule has 0 radical (unpaired) electrons. The summed E-state index contributed by atoms with van der Waals surface area (Å²) in [6.45, 7) is 13.3. The van der Waals surface area contributed by atoms with Crippen molar-refractivity contribution in [3.8, 4) is 6.07 Å². The SMILES string of the molecule is Cc1cc(C#N)nc(N2CCN(S(=O)(=O)c3ccc(NC(=O)c4cc(CNC(CNC(=O)OC(C)(C)C)CNC(=O)OC(C)(C)C)ccc4N(C)S(C)(=O)=O)cc3)CC2)n1. The number of nitrogens with one attached hydrogen (secondary N) is 4. The highest BCUT2D eigenvalue weighted by Crippen LogP contribution is 2.26. The molecule has 21 heteroatoms. The van der Waals surface area contributed by atoms with Crippen LogP contribution < -0.4 is 30.5 Å². The van der Waals surface area contributed by atoms with Crippen molar-refractivity contribution in [1.82, 2.24) is 30.2 Å². The lowest BCUT2D eigenvalue weighted by atomic mass is 10.1. The van der Waals surface area contributed by atoms with Gasteiger partial charge in [0.25, 0.3) is 5.91 Å². The van der Waals surface area contributed by atoms with E-state index < -0.39 is 55.4 Å². The molecule has 3 aromatic rings. The number of alkyl carbamates (subject to hydrolysis) is 2. The van der Waals surface area contributed by atoms with Gasteiger partial charge in [0.15, 0.2) is 0 Å². The second-order valence-corrected chi connectivity index (χ2v) is 20.1. The third kappa shape index (κ3) is 13.8. The molecule has 2 aromatic carbocycles. The molecular formula is C39H54N10O9S2. The third-order valence-corrected chi connectivity index (χ3v) is 11.9. The molecule has 0 bridgehead atoms. The van der Waals surface area contributed by atoms with Gasteiger partial charge in [-0.25, -0.2) is 36.4 Å². The Morgan fingerprint density at radius 2 is 1.43 bits per heavy atom. The number of nitriles is 1. The highest BCUT2D eigenvalue weighted by molar-refractivity contribution is 7.92. The topological polar surface area (TPSA) is 245 Å². The summed E-state index contributed by atoms with van der Waals surface area (Å²) in [6.07, 6.45) is -0.314. The molecule has 60 heavy (non-hydrogen) atoms. The smallest absolute Gasteiger partial charge is 0.407 e. The van der Waals surface area contributed by atoms with Crippen LogP contribution in [-0.4, -0.2) is 119 Å². The van der Waals surface area contributed by atoms with Gasteiger partial charge in [-0.1, -0.05) is 6.07 Å². The van der Waals surface area contributed by atoms with Gasteiger partial charge in [0.2, 0.25) is 26.0 Å². The minimum absolute atomic E-state index is 0.00610. The number of hydrogen-bond donors (Lipinski definition) is 4. The molecule has 0 spiro atoms. The zero-order valence-electron chi connectivity index (χ0n) is 35.3. The molecule has 326 valence electrons. The van der Waals surface area contributed by atoms with E-state index in [1.54, 1.807) is 60.6 Å². The highest BCUT2D eigenvalue weighted by atomic mass is 32.2. The Morgan fingerprint density at radius 3 is 1.95 bits per heavy atom. The van der Waals surface area contributed by atoms with Crippen molar-refractivity contribution in [3.63, 3.8) is 0 Å². The fraction of sp³-hybridized carbons (Fsp3) is 0.487. The summed E-state index contributed by atoms with van der Waals surface area (Å²) in [5, 5.41) is 20.6. The van der Waals surface area contributed by atoms with Crippen LogP contribution in [0.4, 0.5) is 26.9 Å². The molecule has 1 aromatic heterocycles. The number of carbonyl (C=O) groups is 3. The van der Waals surface area contributed by atoms with E-state index in [-0.39, 0.29) is 60.3 Å². The van der Waals surface area contributed by atoms with Crippen LogP contribution in [0.25, 0.3) is 0 Å². The van der Waals surface area contributed by atoms with Crippen LogP contribution >= 0.6 is 0 Å². The zero-order valence-corrected chi connectivity index (χ0v) is 37.0.